The minimum atomic E-state index is 0.0943. The molecule has 0 unspecified atom stereocenters. The molecule has 1 nitrogen and oxygen atoms in total. The normalized spacial score (nSPS) is 11.1. The van der Waals surface area contributed by atoms with Crippen molar-refractivity contribution < 1.29 is 4.79 Å². The number of carbonyl (C=O) groups excluding carboxylic acids is 1. The molecule has 1 heteroatoms. The molecule has 0 aliphatic heterocycles. The van der Waals surface area contributed by atoms with Crippen molar-refractivity contribution in [1.82, 2.24) is 0 Å². The fraction of sp³-hybridized carbons (Fsp3) is 0.308. The second-order valence-electron chi connectivity index (χ2n) is 3.61. The van der Waals surface area contributed by atoms with Gasteiger partial charge in [-0.1, -0.05) is 44.2 Å². The van der Waals surface area contributed by atoms with Crippen LogP contribution in [-0.2, 0) is 0 Å². The van der Waals surface area contributed by atoms with E-state index in [9.17, 15) is 4.79 Å². The van der Waals surface area contributed by atoms with E-state index in [1.54, 1.807) is 12.2 Å². The number of hydrogen-bond acceptors (Lipinski definition) is 1. The number of rotatable bonds is 3. The third-order valence-corrected chi connectivity index (χ3v) is 2.17. The highest BCUT2D eigenvalue weighted by Gasteiger charge is 2.09. The van der Waals surface area contributed by atoms with Gasteiger partial charge in [-0.2, -0.15) is 0 Å². The van der Waals surface area contributed by atoms with E-state index in [0.29, 0.717) is 5.92 Å². The van der Waals surface area contributed by atoms with E-state index in [1.165, 1.54) is 0 Å². The number of benzene rings is 1. The van der Waals surface area contributed by atoms with E-state index in [0.717, 1.165) is 11.1 Å². The van der Waals surface area contributed by atoms with E-state index >= 15 is 0 Å². The first-order valence-corrected chi connectivity index (χ1v) is 4.92. The van der Waals surface area contributed by atoms with Crippen molar-refractivity contribution >= 4 is 5.78 Å². The molecule has 0 saturated heterocycles. The van der Waals surface area contributed by atoms with Gasteiger partial charge in [0.1, 0.15) is 0 Å². The molecule has 0 atom stereocenters. The van der Waals surface area contributed by atoms with Gasteiger partial charge in [-0.3, -0.25) is 4.79 Å². The third-order valence-electron chi connectivity index (χ3n) is 2.17. The zero-order valence-corrected chi connectivity index (χ0v) is 8.95. The zero-order valence-electron chi connectivity index (χ0n) is 8.95. The van der Waals surface area contributed by atoms with Gasteiger partial charge in [-0.25, -0.2) is 0 Å². The molecule has 0 radical (unpaired) electrons. The highest BCUT2D eigenvalue weighted by Crippen LogP contribution is 2.19. The lowest BCUT2D eigenvalue weighted by molar-refractivity contribution is 0.104. The van der Waals surface area contributed by atoms with Crippen molar-refractivity contribution in [1.29, 1.82) is 0 Å². The molecule has 0 aliphatic carbocycles. The molecule has 0 fully saturated rings. The van der Waals surface area contributed by atoms with Gasteiger partial charge in [0.15, 0.2) is 5.78 Å². The van der Waals surface area contributed by atoms with E-state index in [1.807, 2.05) is 31.2 Å². The highest BCUT2D eigenvalue weighted by molar-refractivity contribution is 6.05. The first kappa shape index (κ1) is 10.7. The molecule has 1 rings (SSSR count). The maximum atomic E-state index is 11.7. The number of carbonyl (C=O) groups is 1. The summed E-state index contributed by atoms with van der Waals surface area (Å²) in [5.41, 5.74) is 1.94. The molecule has 0 aromatic heterocycles. The number of allylic oxidation sites excluding steroid dienone is 2. The lowest BCUT2D eigenvalue weighted by Crippen LogP contribution is -2.01. The molecule has 0 bridgehead atoms. The summed E-state index contributed by atoms with van der Waals surface area (Å²) in [6.45, 7) is 6.05. The van der Waals surface area contributed by atoms with Gasteiger partial charge in [-0.05, 0) is 24.5 Å². The zero-order chi connectivity index (χ0) is 10.6. The van der Waals surface area contributed by atoms with Crippen LogP contribution >= 0.6 is 0 Å². The summed E-state index contributed by atoms with van der Waals surface area (Å²) in [4.78, 5) is 11.7. The molecule has 1 aromatic carbocycles. The molecular weight excluding hydrogens is 172 g/mol. The van der Waals surface area contributed by atoms with Crippen LogP contribution in [0.15, 0.2) is 36.4 Å². The van der Waals surface area contributed by atoms with Gasteiger partial charge < -0.3 is 0 Å². The average molecular weight is 188 g/mol. The van der Waals surface area contributed by atoms with Crippen LogP contribution in [0.3, 0.4) is 0 Å². The highest BCUT2D eigenvalue weighted by atomic mass is 16.1. The molecule has 1 aromatic rings. The number of hydrogen-bond donors (Lipinski definition) is 0. The Morgan fingerprint density at radius 1 is 1.29 bits per heavy atom. The smallest absolute Gasteiger partial charge is 0.185 e. The molecule has 74 valence electrons. The maximum absolute atomic E-state index is 11.7. The van der Waals surface area contributed by atoms with Crippen molar-refractivity contribution in [2.24, 2.45) is 0 Å². The van der Waals surface area contributed by atoms with Gasteiger partial charge in [0.25, 0.3) is 0 Å². The quantitative estimate of drug-likeness (QED) is 0.523. The average Bonchev–Trinajstić information content (AvgIpc) is 2.18. The Morgan fingerprint density at radius 2 is 1.93 bits per heavy atom. The van der Waals surface area contributed by atoms with Gasteiger partial charge in [0, 0.05) is 5.56 Å². The third kappa shape index (κ3) is 2.32. The molecule has 0 heterocycles. The van der Waals surface area contributed by atoms with Crippen molar-refractivity contribution in [3.8, 4) is 0 Å². The van der Waals surface area contributed by atoms with E-state index in [2.05, 4.69) is 13.8 Å². The summed E-state index contributed by atoms with van der Waals surface area (Å²) in [5, 5.41) is 0. The maximum Gasteiger partial charge on any atom is 0.185 e. The summed E-state index contributed by atoms with van der Waals surface area (Å²) in [7, 11) is 0. The Labute approximate surface area is 85.5 Å². The molecule has 0 aliphatic rings. The molecule has 0 N–H and O–H groups in total. The predicted molar refractivity (Wildman–Crippen MR) is 59.7 cm³/mol. The van der Waals surface area contributed by atoms with Crippen LogP contribution in [-0.4, -0.2) is 5.78 Å². The lowest BCUT2D eigenvalue weighted by atomic mass is 9.95. The van der Waals surface area contributed by atoms with Gasteiger partial charge in [0.05, 0.1) is 0 Å². The topological polar surface area (TPSA) is 17.1 Å². The minimum Gasteiger partial charge on any atom is -0.289 e. The van der Waals surface area contributed by atoms with Crippen molar-refractivity contribution in [2.75, 3.05) is 0 Å². The summed E-state index contributed by atoms with van der Waals surface area (Å²) >= 11 is 0. The van der Waals surface area contributed by atoms with Crippen LogP contribution in [0, 0.1) is 0 Å². The summed E-state index contributed by atoms with van der Waals surface area (Å²) in [5.74, 6) is 0.484. The second-order valence-corrected chi connectivity index (χ2v) is 3.61. The van der Waals surface area contributed by atoms with E-state index in [4.69, 9.17) is 0 Å². The monoisotopic (exact) mass is 188 g/mol. The SMILES string of the molecule is C/C=C/C(=O)c1ccccc1C(C)C. The van der Waals surface area contributed by atoms with Crippen LogP contribution in [0.25, 0.3) is 0 Å². The Morgan fingerprint density at radius 3 is 2.50 bits per heavy atom. The Kier molecular flexibility index (Phi) is 3.63. The minimum absolute atomic E-state index is 0.0943. The van der Waals surface area contributed by atoms with Crippen LogP contribution in [0.2, 0.25) is 0 Å². The molecule has 0 spiro atoms. The molecular formula is C13H16O. The Bertz CT molecular complexity index is 348. The molecule has 0 amide bonds. The van der Waals surface area contributed by atoms with E-state index in [-0.39, 0.29) is 5.78 Å². The predicted octanol–water partition coefficient (Wildman–Crippen LogP) is 3.57. The van der Waals surface area contributed by atoms with E-state index < -0.39 is 0 Å². The van der Waals surface area contributed by atoms with Crippen LogP contribution in [0.5, 0.6) is 0 Å². The second kappa shape index (κ2) is 4.75. The van der Waals surface area contributed by atoms with Crippen LogP contribution < -0.4 is 0 Å². The van der Waals surface area contributed by atoms with Gasteiger partial charge in [0.2, 0.25) is 0 Å². The first-order chi connectivity index (χ1) is 6.66. The molecule has 14 heavy (non-hydrogen) atoms. The fourth-order valence-corrected chi connectivity index (χ4v) is 1.47. The van der Waals surface area contributed by atoms with Crippen LogP contribution in [0.1, 0.15) is 42.6 Å². The van der Waals surface area contributed by atoms with Crippen LogP contribution in [0.4, 0.5) is 0 Å². The molecule has 0 saturated carbocycles. The lowest BCUT2D eigenvalue weighted by Gasteiger charge is -2.09. The fourth-order valence-electron chi connectivity index (χ4n) is 1.47. The Hall–Kier alpha value is -1.37. The van der Waals surface area contributed by atoms with Crippen molar-refractivity contribution in [3.05, 3.63) is 47.5 Å². The summed E-state index contributed by atoms with van der Waals surface area (Å²) in [6.07, 6.45) is 3.39. The summed E-state index contributed by atoms with van der Waals surface area (Å²) < 4.78 is 0. The van der Waals surface area contributed by atoms with Crippen molar-refractivity contribution in [3.63, 3.8) is 0 Å². The van der Waals surface area contributed by atoms with Crippen molar-refractivity contribution in [2.45, 2.75) is 26.7 Å². The Balaban J connectivity index is 3.13. The number of ketones is 1. The standard InChI is InChI=1S/C13H16O/c1-4-7-13(14)12-9-6-5-8-11(12)10(2)3/h4-10H,1-3H3/b7-4+. The van der Waals surface area contributed by atoms with Gasteiger partial charge in [-0.15, -0.1) is 0 Å². The largest absolute Gasteiger partial charge is 0.289 e. The summed E-state index contributed by atoms with van der Waals surface area (Å²) in [6, 6.07) is 7.78. The van der Waals surface area contributed by atoms with Gasteiger partial charge >= 0.3 is 0 Å². The first-order valence-electron chi connectivity index (χ1n) is 4.92.